The number of halogens is 1. The van der Waals surface area contributed by atoms with Gasteiger partial charge in [-0.15, -0.1) is 0 Å². The molecular weight excluding hydrogens is 312 g/mol. The molecule has 1 aliphatic rings. The monoisotopic (exact) mass is 330 g/mol. The topological polar surface area (TPSA) is 89.3 Å². The molecule has 1 amide bonds. The molecule has 0 aromatic heterocycles. The molecule has 1 aliphatic carbocycles. The van der Waals surface area contributed by atoms with E-state index in [9.17, 15) is 13.2 Å². The molecule has 1 atom stereocenters. The van der Waals surface area contributed by atoms with Gasteiger partial charge in [-0.05, 0) is 37.0 Å². The van der Waals surface area contributed by atoms with Crippen LogP contribution in [0.15, 0.2) is 23.1 Å². The summed E-state index contributed by atoms with van der Waals surface area (Å²) in [6.45, 7) is 1.92. The Labute approximate surface area is 129 Å². The fraction of sp³-hybridized carbons (Fsp3) is 0.500. The van der Waals surface area contributed by atoms with Crippen molar-refractivity contribution in [1.82, 2.24) is 5.32 Å². The molecule has 1 fully saturated rings. The Morgan fingerprint density at radius 2 is 2.14 bits per heavy atom. The van der Waals surface area contributed by atoms with Crippen molar-refractivity contribution in [2.45, 2.75) is 30.7 Å². The zero-order chi connectivity index (χ0) is 15.6. The predicted molar refractivity (Wildman–Crippen MR) is 82.2 cm³/mol. The summed E-state index contributed by atoms with van der Waals surface area (Å²) in [4.78, 5) is 12.4. The first-order valence-corrected chi connectivity index (χ1v) is 8.95. The van der Waals surface area contributed by atoms with Crippen molar-refractivity contribution >= 4 is 27.3 Å². The highest BCUT2D eigenvalue weighted by molar-refractivity contribution is 7.91. The van der Waals surface area contributed by atoms with Gasteiger partial charge in [0.2, 0.25) is 0 Å². The molecule has 3 N–H and O–H groups in total. The zero-order valence-corrected chi connectivity index (χ0v) is 13.4. The minimum absolute atomic E-state index is 0.0246. The number of carbonyl (C=O) groups excluding carboxylic acids is 1. The van der Waals surface area contributed by atoms with E-state index in [2.05, 4.69) is 5.32 Å². The van der Waals surface area contributed by atoms with Crippen LogP contribution < -0.4 is 11.1 Å². The average Bonchev–Trinajstić information content (AvgIpc) is 3.29. The van der Waals surface area contributed by atoms with Crippen molar-refractivity contribution < 1.29 is 13.2 Å². The first-order valence-electron chi connectivity index (χ1n) is 6.92. The molecule has 1 aromatic carbocycles. The van der Waals surface area contributed by atoms with Crippen molar-refractivity contribution in [1.29, 1.82) is 0 Å². The molecule has 116 valence electrons. The summed E-state index contributed by atoms with van der Waals surface area (Å²) < 4.78 is 23.8. The Balaban J connectivity index is 2.25. The molecule has 2 rings (SSSR count). The lowest BCUT2D eigenvalue weighted by atomic mass is 10.1. The van der Waals surface area contributed by atoms with E-state index in [1.165, 1.54) is 18.2 Å². The molecule has 21 heavy (non-hydrogen) atoms. The normalized spacial score (nSPS) is 16.5. The Bertz CT molecular complexity index is 642. The molecule has 7 heteroatoms. The van der Waals surface area contributed by atoms with E-state index >= 15 is 0 Å². The minimum Gasteiger partial charge on any atom is -0.348 e. The number of nitrogens with two attached hydrogens (primary N) is 1. The van der Waals surface area contributed by atoms with Crippen molar-refractivity contribution in [3.63, 3.8) is 0 Å². The second-order valence-electron chi connectivity index (χ2n) is 5.20. The van der Waals surface area contributed by atoms with E-state index in [4.69, 9.17) is 17.3 Å². The quantitative estimate of drug-likeness (QED) is 0.829. The molecule has 0 unspecified atom stereocenters. The number of rotatable bonds is 6. The van der Waals surface area contributed by atoms with Gasteiger partial charge in [-0.2, -0.15) is 0 Å². The number of sulfone groups is 1. The summed E-state index contributed by atoms with van der Waals surface area (Å²) in [5.74, 6) is 0.0132. The van der Waals surface area contributed by atoms with Crippen LogP contribution in [0, 0.1) is 5.92 Å². The highest BCUT2D eigenvalue weighted by atomic mass is 35.5. The minimum atomic E-state index is -3.37. The smallest absolute Gasteiger partial charge is 0.253 e. The third-order valence-corrected chi connectivity index (χ3v) is 5.74. The van der Waals surface area contributed by atoms with Gasteiger partial charge in [0, 0.05) is 12.6 Å². The Morgan fingerprint density at radius 3 is 2.67 bits per heavy atom. The highest BCUT2D eigenvalue weighted by Crippen LogP contribution is 2.32. The summed E-state index contributed by atoms with van der Waals surface area (Å²) in [5, 5.41) is 3.07. The molecule has 0 saturated heterocycles. The third-order valence-electron chi connectivity index (χ3n) is 3.68. The van der Waals surface area contributed by atoms with E-state index < -0.39 is 9.84 Å². The first-order chi connectivity index (χ1) is 9.89. The van der Waals surface area contributed by atoms with E-state index in [-0.39, 0.29) is 33.2 Å². The lowest BCUT2D eigenvalue weighted by Gasteiger charge is -2.17. The van der Waals surface area contributed by atoms with Crippen LogP contribution in [0.1, 0.15) is 30.1 Å². The van der Waals surface area contributed by atoms with Gasteiger partial charge in [-0.3, -0.25) is 4.79 Å². The Kier molecular flexibility index (Phi) is 4.91. The van der Waals surface area contributed by atoms with Gasteiger partial charge in [0.25, 0.3) is 5.91 Å². The van der Waals surface area contributed by atoms with Crippen molar-refractivity contribution in [3.8, 4) is 0 Å². The molecule has 1 saturated carbocycles. The Morgan fingerprint density at radius 1 is 1.48 bits per heavy atom. The van der Waals surface area contributed by atoms with Crippen LogP contribution in [0.5, 0.6) is 0 Å². The maximum absolute atomic E-state index is 12.3. The van der Waals surface area contributed by atoms with Crippen molar-refractivity contribution in [2.75, 3.05) is 12.3 Å². The Hall–Kier alpha value is -1.11. The highest BCUT2D eigenvalue weighted by Gasteiger charge is 2.31. The van der Waals surface area contributed by atoms with Crippen LogP contribution in [0.3, 0.4) is 0 Å². The van der Waals surface area contributed by atoms with Gasteiger partial charge in [-0.1, -0.05) is 18.5 Å². The first kappa shape index (κ1) is 16.3. The second kappa shape index (κ2) is 6.34. The molecule has 0 spiro atoms. The fourth-order valence-corrected chi connectivity index (χ4v) is 3.26. The van der Waals surface area contributed by atoms with Gasteiger partial charge in [0.15, 0.2) is 9.84 Å². The molecular formula is C14H19ClN2O3S. The van der Waals surface area contributed by atoms with E-state index in [0.717, 1.165) is 12.8 Å². The van der Waals surface area contributed by atoms with Gasteiger partial charge < -0.3 is 11.1 Å². The largest absolute Gasteiger partial charge is 0.348 e. The average molecular weight is 331 g/mol. The zero-order valence-electron chi connectivity index (χ0n) is 11.8. The summed E-state index contributed by atoms with van der Waals surface area (Å²) in [6.07, 6.45) is 2.11. The summed E-state index contributed by atoms with van der Waals surface area (Å²) in [6, 6.07) is 4.10. The number of nitrogens with one attached hydrogen (secondary N) is 1. The molecule has 0 heterocycles. The standard InChI is InChI=1S/C14H19ClN2O3S/c1-2-21(19,20)10-5-6-12(15)11(7-10)14(18)17-13(8-16)9-3-4-9/h5-7,9,13H,2-4,8,16H2,1H3,(H,17,18)/t13-/m1/s1. The fourth-order valence-electron chi connectivity index (χ4n) is 2.15. The van der Waals surface area contributed by atoms with Gasteiger partial charge >= 0.3 is 0 Å². The predicted octanol–water partition coefficient (Wildman–Crippen LogP) is 1.60. The van der Waals surface area contributed by atoms with Gasteiger partial charge in [0.1, 0.15) is 0 Å². The molecule has 5 nitrogen and oxygen atoms in total. The molecule has 0 bridgehead atoms. The molecule has 1 aromatic rings. The number of hydrogen-bond acceptors (Lipinski definition) is 4. The second-order valence-corrected chi connectivity index (χ2v) is 7.88. The van der Waals surface area contributed by atoms with Crippen molar-refractivity contribution in [3.05, 3.63) is 28.8 Å². The van der Waals surface area contributed by atoms with Crippen molar-refractivity contribution in [2.24, 2.45) is 11.7 Å². The molecule has 0 radical (unpaired) electrons. The van der Waals surface area contributed by atoms with Gasteiger partial charge in [0.05, 0.1) is 21.2 Å². The number of hydrogen-bond donors (Lipinski definition) is 2. The van der Waals surface area contributed by atoms with E-state index in [1.807, 2.05) is 0 Å². The van der Waals surface area contributed by atoms with E-state index in [0.29, 0.717) is 12.5 Å². The SMILES string of the molecule is CCS(=O)(=O)c1ccc(Cl)c(C(=O)N[C@H](CN)C2CC2)c1. The van der Waals surface area contributed by atoms with E-state index in [1.54, 1.807) is 6.92 Å². The summed E-state index contributed by atoms with van der Waals surface area (Å²) in [5.41, 5.74) is 5.83. The summed E-state index contributed by atoms with van der Waals surface area (Å²) >= 11 is 6.02. The van der Waals surface area contributed by atoms with Crippen LogP contribution in [0.2, 0.25) is 5.02 Å². The summed E-state index contributed by atoms with van der Waals surface area (Å²) in [7, 11) is -3.37. The maximum Gasteiger partial charge on any atom is 0.253 e. The lowest BCUT2D eigenvalue weighted by molar-refractivity contribution is 0.0933. The van der Waals surface area contributed by atoms with Crippen LogP contribution >= 0.6 is 11.6 Å². The number of amides is 1. The number of benzene rings is 1. The van der Waals surface area contributed by atoms with Crippen LogP contribution in [0.25, 0.3) is 0 Å². The van der Waals surface area contributed by atoms with Crippen LogP contribution in [0.4, 0.5) is 0 Å². The lowest BCUT2D eigenvalue weighted by Crippen LogP contribution is -2.41. The van der Waals surface area contributed by atoms with Crippen LogP contribution in [-0.2, 0) is 9.84 Å². The van der Waals surface area contributed by atoms with Gasteiger partial charge in [-0.25, -0.2) is 8.42 Å². The number of carbonyl (C=O) groups is 1. The third kappa shape index (κ3) is 3.75. The van der Waals surface area contributed by atoms with Crippen LogP contribution in [-0.4, -0.2) is 32.7 Å². The molecule has 0 aliphatic heterocycles. The maximum atomic E-state index is 12.3.